The lowest BCUT2D eigenvalue weighted by molar-refractivity contribution is 0.276. The van der Waals surface area contributed by atoms with Crippen molar-refractivity contribution in [2.24, 2.45) is 0 Å². The van der Waals surface area contributed by atoms with Gasteiger partial charge in [0, 0.05) is 11.1 Å². The van der Waals surface area contributed by atoms with Gasteiger partial charge in [0.05, 0.1) is 6.61 Å². The van der Waals surface area contributed by atoms with Gasteiger partial charge in [-0.15, -0.1) is 0 Å². The molecule has 2 N–H and O–H groups in total. The van der Waals surface area contributed by atoms with Crippen LogP contribution in [0.5, 0.6) is 0 Å². The first-order valence-electron chi connectivity index (χ1n) is 5.32. The van der Waals surface area contributed by atoms with E-state index in [0.29, 0.717) is 17.1 Å². The third-order valence-electron chi connectivity index (χ3n) is 2.19. The van der Waals surface area contributed by atoms with Crippen molar-refractivity contribution >= 4 is 10.0 Å². The largest absolute Gasteiger partial charge is 0.465 e. The summed E-state index contributed by atoms with van der Waals surface area (Å²) in [6, 6.07) is 0. The lowest BCUT2D eigenvalue weighted by atomic mass is 10.1. The van der Waals surface area contributed by atoms with E-state index in [9.17, 15) is 13.5 Å². The molecule has 0 aliphatic heterocycles. The molecule has 0 saturated carbocycles. The van der Waals surface area contributed by atoms with E-state index in [-0.39, 0.29) is 11.5 Å². The van der Waals surface area contributed by atoms with Crippen LogP contribution in [0.1, 0.15) is 37.9 Å². The molecule has 0 fully saturated rings. The van der Waals surface area contributed by atoms with Crippen molar-refractivity contribution in [3.8, 4) is 0 Å². The molecule has 0 radical (unpaired) electrons. The maximum atomic E-state index is 12.2. The monoisotopic (exact) mass is 261 g/mol. The van der Waals surface area contributed by atoms with Crippen LogP contribution in [-0.4, -0.2) is 19.1 Å². The molecule has 0 bridgehead atoms. The first-order chi connectivity index (χ1) is 7.58. The van der Waals surface area contributed by atoms with Crippen LogP contribution >= 0.6 is 0 Å². The number of aryl methyl sites for hydroxylation is 2. The molecular formula is C11H19NO4S. The van der Waals surface area contributed by atoms with Crippen molar-refractivity contribution < 1.29 is 17.9 Å². The zero-order valence-corrected chi connectivity index (χ0v) is 11.6. The number of hydrogen-bond donors (Lipinski definition) is 2. The Kier molecular flexibility index (Phi) is 3.71. The molecule has 6 heteroatoms. The fraction of sp³-hybridized carbons (Fsp3) is 0.636. The molecule has 0 aliphatic rings. The van der Waals surface area contributed by atoms with Gasteiger partial charge in [0.25, 0.3) is 0 Å². The summed E-state index contributed by atoms with van der Waals surface area (Å²) in [6.07, 6.45) is 0. The van der Waals surface area contributed by atoms with E-state index < -0.39 is 15.6 Å². The molecule has 0 saturated heterocycles. The van der Waals surface area contributed by atoms with Gasteiger partial charge in [-0.25, -0.2) is 13.1 Å². The van der Waals surface area contributed by atoms with Gasteiger partial charge in [0.15, 0.2) is 0 Å². The molecule has 1 aromatic heterocycles. The van der Waals surface area contributed by atoms with E-state index in [0.717, 1.165) is 0 Å². The van der Waals surface area contributed by atoms with E-state index in [2.05, 4.69) is 4.72 Å². The zero-order chi connectivity index (χ0) is 13.4. The lowest BCUT2D eigenvalue weighted by Gasteiger charge is -2.20. The zero-order valence-electron chi connectivity index (χ0n) is 10.8. The maximum absolute atomic E-state index is 12.2. The summed E-state index contributed by atoms with van der Waals surface area (Å²) < 4.78 is 32.2. The van der Waals surface area contributed by atoms with Gasteiger partial charge < -0.3 is 9.52 Å². The Hall–Kier alpha value is -0.850. The molecule has 1 rings (SSSR count). The maximum Gasteiger partial charge on any atom is 0.244 e. The molecular weight excluding hydrogens is 242 g/mol. The number of aliphatic hydroxyl groups excluding tert-OH is 1. The summed E-state index contributed by atoms with van der Waals surface area (Å²) in [4.78, 5) is 0.0485. The van der Waals surface area contributed by atoms with Gasteiger partial charge in [-0.3, -0.25) is 0 Å². The van der Waals surface area contributed by atoms with Gasteiger partial charge >= 0.3 is 0 Å². The van der Waals surface area contributed by atoms with Crippen LogP contribution in [0.2, 0.25) is 0 Å². The van der Waals surface area contributed by atoms with E-state index in [1.165, 1.54) is 0 Å². The summed E-state index contributed by atoms with van der Waals surface area (Å²) in [6.45, 7) is 8.12. The molecule has 0 aliphatic carbocycles. The molecule has 1 aromatic rings. The van der Waals surface area contributed by atoms with Crippen molar-refractivity contribution in [3.05, 3.63) is 17.1 Å². The average molecular weight is 261 g/mol. The van der Waals surface area contributed by atoms with Gasteiger partial charge in [-0.05, 0) is 34.6 Å². The molecule has 0 atom stereocenters. The fourth-order valence-electron chi connectivity index (χ4n) is 1.70. The highest BCUT2D eigenvalue weighted by Crippen LogP contribution is 2.27. The second kappa shape index (κ2) is 4.44. The second-order valence-electron chi connectivity index (χ2n) is 5.04. The highest BCUT2D eigenvalue weighted by atomic mass is 32.2. The number of furan rings is 1. The topological polar surface area (TPSA) is 79.5 Å². The SMILES string of the molecule is Cc1oc(C)c(S(=O)(=O)NC(C)(C)C)c1CO. The normalized spacial score (nSPS) is 13.1. The number of rotatable bonds is 3. The Morgan fingerprint density at radius 2 is 1.76 bits per heavy atom. The Balaban J connectivity index is 3.34. The highest BCUT2D eigenvalue weighted by molar-refractivity contribution is 7.89. The number of aliphatic hydroxyl groups is 1. The highest BCUT2D eigenvalue weighted by Gasteiger charge is 2.29. The lowest BCUT2D eigenvalue weighted by Crippen LogP contribution is -2.40. The van der Waals surface area contributed by atoms with Crippen LogP contribution in [0, 0.1) is 13.8 Å². The average Bonchev–Trinajstić information content (AvgIpc) is 2.36. The van der Waals surface area contributed by atoms with Crippen LogP contribution in [0.3, 0.4) is 0 Å². The molecule has 17 heavy (non-hydrogen) atoms. The van der Waals surface area contributed by atoms with Crippen LogP contribution in [0.4, 0.5) is 0 Å². The standard InChI is InChI=1S/C11H19NO4S/c1-7-9(6-13)10(8(2)16-7)17(14,15)12-11(3,4)5/h12-13H,6H2,1-5H3. The van der Waals surface area contributed by atoms with Crippen LogP contribution in [-0.2, 0) is 16.6 Å². The minimum Gasteiger partial charge on any atom is -0.465 e. The summed E-state index contributed by atoms with van der Waals surface area (Å²) in [5.74, 6) is 0.725. The predicted molar refractivity (Wildman–Crippen MR) is 64.2 cm³/mol. The van der Waals surface area contributed by atoms with Crippen molar-refractivity contribution in [2.75, 3.05) is 0 Å². The van der Waals surface area contributed by atoms with Crippen LogP contribution < -0.4 is 4.72 Å². The minimum absolute atomic E-state index is 0.0485. The first kappa shape index (κ1) is 14.2. The van der Waals surface area contributed by atoms with Gasteiger partial charge in [0.2, 0.25) is 10.0 Å². The molecule has 0 amide bonds. The first-order valence-corrected chi connectivity index (χ1v) is 6.80. The van der Waals surface area contributed by atoms with E-state index in [4.69, 9.17) is 4.42 Å². The quantitative estimate of drug-likeness (QED) is 0.863. The van der Waals surface area contributed by atoms with Crippen molar-refractivity contribution in [1.29, 1.82) is 0 Å². The van der Waals surface area contributed by atoms with Gasteiger partial charge in [-0.2, -0.15) is 0 Å². The molecule has 0 unspecified atom stereocenters. The van der Waals surface area contributed by atoms with Crippen LogP contribution in [0.15, 0.2) is 9.31 Å². The number of nitrogens with one attached hydrogen (secondary N) is 1. The summed E-state index contributed by atoms with van der Waals surface area (Å²) >= 11 is 0. The smallest absolute Gasteiger partial charge is 0.244 e. The Morgan fingerprint density at radius 3 is 2.18 bits per heavy atom. The van der Waals surface area contributed by atoms with E-state index >= 15 is 0 Å². The molecule has 1 heterocycles. The minimum atomic E-state index is -3.67. The van der Waals surface area contributed by atoms with Gasteiger partial charge in [0.1, 0.15) is 16.4 Å². The third kappa shape index (κ3) is 3.08. The van der Waals surface area contributed by atoms with Crippen molar-refractivity contribution in [2.45, 2.75) is 51.7 Å². The summed E-state index contributed by atoms with van der Waals surface area (Å²) in [5.41, 5.74) is -0.261. The molecule has 5 nitrogen and oxygen atoms in total. The van der Waals surface area contributed by atoms with Crippen LogP contribution in [0.25, 0.3) is 0 Å². The number of sulfonamides is 1. The molecule has 0 aromatic carbocycles. The van der Waals surface area contributed by atoms with E-state index in [1.807, 2.05) is 0 Å². The fourth-order valence-corrected chi connectivity index (χ4v) is 3.56. The molecule has 0 spiro atoms. The Labute approximate surface area is 102 Å². The summed E-state index contributed by atoms with van der Waals surface area (Å²) in [5, 5.41) is 9.22. The Morgan fingerprint density at radius 1 is 1.24 bits per heavy atom. The van der Waals surface area contributed by atoms with Gasteiger partial charge in [-0.1, -0.05) is 0 Å². The van der Waals surface area contributed by atoms with E-state index in [1.54, 1.807) is 34.6 Å². The third-order valence-corrected chi connectivity index (χ3v) is 4.14. The Bertz CT molecular complexity index is 508. The molecule has 98 valence electrons. The predicted octanol–water partition coefficient (Wildman–Crippen LogP) is 1.47. The summed E-state index contributed by atoms with van der Waals surface area (Å²) in [7, 11) is -3.67. The van der Waals surface area contributed by atoms with Crippen molar-refractivity contribution in [3.63, 3.8) is 0 Å². The van der Waals surface area contributed by atoms with Crippen molar-refractivity contribution in [1.82, 2.24) is 4.72 Å². The number of hydrogen-bond acceptors (Lipinski definition) is 4. The second-order valence-corrected chi connectivity index (χ2v) is 6.65.